The average molecular weight is 388 g/mol. The van der Waals surface area contributed by atoms with Gasteiger partial charge in [-0.2, -0.15) is 0 Å². The van der Waals surface area contributed by atoms with Gasteiger partial charge in [-0.1, -0.05) is 29.3 Å². The zero-order valence-electron chi connectivity index (χ0n) is 14.1. The molecule has 6 heteroatoms. The van der Waals surface area contributed by atoms with Crippen LogP contribution in [0.2, 0.25) is 10.0 Å². The molecule has 134 valence electrons. The third-order valence-electron chi connectivity index (χ3n) is 4.00. The van der Waals surface area contributed by atoms with Crippen molar-refractivity contribution < 1.29 is 4.79 Å². The van der Waals surface area contributed by atoms with Crippen LogP contribution >= 0.6 is 23.2 Å². The Hall–Kier alpha value is -2.30. The molecule has 0 radical (unpaired) electrons. The van der Waals surface area contributed by atoms with Crippen molar-refractivity contribution in [1.82, 2.24) is 10.3 Å². The van der Waals surface area contributed by atoms with Gasteiger partial charge in [-0.15, -0.1) is 0 Å². The predicted octanol–water partition coefficient (Wildman–Crippen LogP) is 5.16. The normalized spacial score (nSPS) is 10.7. The van der Waals surface area contributed by atoms with Crippen molar-refractivity contribution in [2.24, 2.45) is 0 Å². The molecule has 2 aromatic carbocycles. The number of benzene rings is 2. The molecule has 0 saturated carbocycles. The fourth-order valence-electron chi connectivity index (χ4n) is 2.68. The van der Waals surface area contributed by atoms with E-state index in [-0.39, 0.29) is 5.91 Å². The van der Waals surface area contributed by atoms with Crippen LogP contribution in [0, 0.1) is 0 Å². The number of halogens is 2. The highest BCUT2D eigenvalue weighted by Gasteiger charge is 2.05. The van der Waals surface area contributed by atoms with Crippen LogP contribution < -0.4 is 10.6 Å². The molecule has 0 atom stereocenters. The summed E-state index contributed by atoms with van der Waals surface area (Å²) >= 11 is 11.9. The van der Waals surface area contributed by atoms with Gasteiger partial charge < -0.3 is 10.6 Å². The maximum absolute atomic E-state index is 12.0. The maximum atomic E-state index is 12.0. The number of hydrogen-bond acceptors (Lipinski definition) is 3. The molecule has 0 spiro atoms. The Labute approximate surface area is 162 Å². The number of carbonyl (C=O) groups is 1. The van der Waals surface area contributed by atoms with Crippen LogP contribution in [-0.2, 0) is 0 Å². The molecule has 0 fully saturated rings. The summed E-state index contributed by atoms with van der Waals surface area (Å²) in [6.07, 6.45) is 3.59. The van der Waals surface area contributed by atoms with Gasteiger partial charge in [0.25, 0.3) is 5.91 Å². The van der Waals surface area contributed by atoms with Crippen LogP contribution in [0.25, 0.3) is 10.9 Å². The molecule has 2 N–H and O–H groups in total. The topological polar surface area (TPSA) is 54.0 Å². The highest BCUT2D eigenvalue weighted by molar-refractivity contribution is 6.31. The first kappa shape index (κ1) is 18.5. The molecule has 1 aromatic heterocycles. The van der Waals surface area contributed by atoms with Gasteiger partial charge >= 0.3 is 0 Å². The Balaban J connectivity index is 1.43. The van der Waals surface area contributed by atoms with Crippen LogP contribution in [0.4, 0.5) is 5.69 Å². The first-order valence-corrected chi connectivity index (χ1v) is 9.21. The summed E-state index contributed by atoms with van der Waals surface area (Å²) in [5.41, 5.74) is 2.49. The SMILES string of the molecule is O=C(NCCCCNc1ccnc2cc(Cl)ccc12)c1cccc(Cl)c1. The second-order valence-corrected chi connectivity index (χ2v) is 6.79. The van der Waals surface area contributed by atoms with E-state index in [0.29, 0.717) is 22.2 Å². The van der Waals surface area contributed by atoms with Gasteiger partial charge in [0.2, 0.25) is 0 Å². The third-order valence-corrected chi connectivity index (χ3v) is 4.47. The van der Waals surface area contributed by atoms with Gasteiger partial charge in [0, 0.05) is 46.0 Å². The van der Waals surface area contributed by atoms with E-state index in [9.17, 15) is 4.79 Å². The minimum Gasteiger partial charge on any atom is -0.384 e. The van der Waals surface area contributed by atoms with Gasteiger partial charge in [-0.25, -0.2) is 0 Å². The summed E-state index contributed by atoms with van der Waals surface area (Å²) < 4.78 is 0. The Kier molecular flexibility index (Phi) is 6.31. The number of pyridine rings is 1. The molecule has 0 unspecified atom stereocenters. The summed E-state index contributed by atoms with van der Waals surface area (Å²) in [6, 6.07) is 14.6. The third kappa shape index (κ3) is 4.87. The lowest BCUT2D eigenvalue weighted by Crippen LogP contribution is -2.24. The van der Waals surface area contributed by atoms with Gasteiger partial charge in [0.15, 0.2) is 0 Å². The molecule has 1 amide bonds. The van der Waals surface area contributed by atoms with Crippen molar-refractivity contribution in [3.8, 4) is 0 Å². The fourth-order valence-corrected chi connectivity index (χ4v) is 3.04. The van der Waals surface area contributed by atoms with E-state index < -0.39 is 0 Å². The molecule has 1 heterocycles. The van der Waals surface area contributed by atoms with Crippen molar-refractivity contribution in [2.75, 3.05) is 18.4 Å². The zero-order chi connectivity index (χ0) is 18.4. The number of anilines is 1. The molecular formula is C20H19Cl2N3O. The molecule has 3 rings (SSSR count). The minimum absolute atomic E-state index is 0.0996. The quantitative estimate of drug-likeness (QED) is 0.550. The maximum Gasteiger partial charge on any atom is 0.251 e. The van der Waals surface area contributed by atoms with Crippen LogP contribution in [0.5, 0.6) is 0 Å². The van der Waals surface area contributed by atoms with Crippen molar-refractivity contribution in [3.63, 3.8) is 0 Å². The molecule has 4 nitrogen and oxygen atoms in total. The number of hydrogen-bond donors (Lipinski definition) is 2. The molecule has 0 aliphatic heterocycles. The van der Waals surface area contributed by atoms with E-state index >= 15 is 0 Å². The Morgan fingerprint density at radius 1 is 0.962 bits per heavy atom. The standard InChI is InChI=1S/C20H19Cl2N3O/c21-15-5-3-4-14(12-15)20(26)25-10-2-1-9-23-18-8-11-24-19-13-16(22)6-7-17(18)19/h3-8,11-13H,1-2,9-10H2,(H,23,24)(H,25,26). The number of carbonyl (C=O) groups excluding carboxylic acids is 1. The van der Waals surface area contributed by atoms with Crippen molar-refractivity contribution in [3.05, 3.63) is 70.3 Å². The Bertz CT molecular complexity index is 914. The highest BCUT2D eigenvalue weighted by Crippen LogP contribution is 2.24. The van der Waals surface area contributed by atoms with Gasteiger partial charge in [0.05, 0.1) is 5.52 Å². The lowest BCUT2D eigenvalue weighted by molar-refractivity contribution is 0.0953. The molecular weight excluding hydrogens is 369 g/mol. The summed E-state index contributed by atoms with van der Waals surface area (Å²) in [7, 11) is 0. The lowest BCUT2D eigenvalue weighted by atomic mass is 10.2. The molecule has 26 heavy (non-hydrogen) atoms. The van der Waals surface area contributed by atoms with Gasteiger partial charge in [-0.05, 0) is 55.3 Å². The number of fused-ring (bicyclic) bond motifs is 1. The van der Waals surface area contributed by atoms with E-state index in [0.717, 1.165) is 36.0 Å². The lowest BCUT2D eigenvalue weighted by Gasteiger charge is -2.10. The number of unbranched alkanes of at least 4 members (excludes halogenated alkanes) is 1. The van der Waals surface area contributed by atoms with E-state index in [1.54, 1.807) is 30.5 Å². The second-order valence-electron chi connectivity index (χ2n) is 5.92. The first-order valence-electron chi connectivity index (χ1n) is 8.45. The van der Waals surface area contributed by atoms with Crippen LogP contribution in [0.1, 0.15) is 23.2 Å². The molecule has 0 bridgehead atoms. The van der Waals surface area contributed by atoms with Gasteiger partial charge in [-0.3, -0.25) is 9.78 Å². The number of amides is 1. The summed E-state index contributed by atoms with van der Waals surface area (Å²) in [6.45, 7) is 1.44. The number of nitrogens with one attached hydrogen (secondary N) is 2. The number of rotatable bonds is 7. The number of nitrogens with zero attached hydrogens (tertiary/aromatic N) is 1. The molecule has 3 aromatic rings. The first-order chi connectivity index (χ1) is 12.6. The fraction of sp³-hybridized carbons (Fsp3) is 0.200. The summed E-state index contributed by atoms with van der Waals surface area (Å²) in [4.78, 5) is 16.4. The minimum atomic E-state index is -0.0996. The van der Waals surface area contributed by atoms with E-state index in [2.05, 4.69) is 15.6 Å². The average Bonchev–Trinajstić information content (AvgIpc) is 2.64. The monoisotopic (exact) mass is 387 g/mol. The van der Waals surface area contributed by atoms with E-state index in [1.807, 2.05) is 24.3 Å². The van der Waals surface area contributed by atoms with Crippen LogP contribution in [0.3, 0.4) is 0 Å². The Morgan fingerprint density at radius 2 is 1.77 bits per heavy atom. The second kappa shape index (κ2) is 8.88. The Morgan fingerprint density at radius 3 is 2.62 bits per heavy atom. The van der Waals surface area contributed by atoms with E-state index in [4.69, 9.17) is 23.2 Å². The molecule has 0 aliphatic rings. The van der Waals surface area contributed by atoms with Crippen LogP contribution in [0.15, 0.2) is 54.7 Å². The van der Waals surface area contributed by atoms with Gasteiger partial charge in [0.1, 0.15) is 0 Å². The van der Waals surface area contributed by atoms with Crippen molar-refractivity contribution in [1.29, 1.82) is 0 Å². The summed E-state index contributed by atoms with van der Waals surface area (Å²) in [5.74, 6) is -0.0996. The summed E-state index contributed by atoms with van der Waals surface area (Å²) in [5, 5.41) is 8.62. The molecule has 0 aliphatic carbocycles. The van der Waals surface area contributed by atoms with Crippen LogP contribution in [-0.4, -0.2) is 24.0 Å². The smallest absolute Gasteiger partial charge is 0.251 e. The highest BCUT2D eigenvalue weighted by atomic mass is 35.5. The van der Waals surface area contributed by atoms with E-state index in [1.165, 1.54) is 0 Å². The zero-order valence-corrected chi connectivity index (χ0v) is 15.6. The predicted molar refractivity (Wildman–Crippen MR) is 108 cm³/mol. The largest absolute Gasteiger partial charge is 0.384 e. The number of aromatic nitrogens is 1. The van der Waals surface area contributed by atoms with Crippen molar-refractivity contribution >= 4 is 45.7 Å². The molecule has 0 saturated heterocycles. The van der Waals surface area contributed by atoms with Crippen molar-refractivity contribution in [2.45, 2.75) is 12.8 Å².